The number of imide groups is 1. The number of para-hydroxylation sites is 2. The fourth-order valence-corrected chi connectivity index (χ4v) is 4.75. The van der Waals surface area contributed by atoms with Gasteiger partial charge in [0.2, 0.25) is 0 Å². The van der Waals surface area contributed by atoms with Gasteiger partial charge in [0.15, 0.2) is 0 Å². The van der Waals surface area contributed by atoms with Gasteiger partial charge in [-0.1, -0.05) is 65.7 Å². The first-order valence-electron chi connectivity index (χ1n) is 10.3. The van der Waals surface area contributed by atoms with E-state index in [1.165, 1.54) is 10.5 Å². The molecule has 0 fully saturated rings. The highest BCUT2D eigenvalue weighted by atomic mass is 35.5. The maximum Gasteiger partial charge on any atom is 0.282 e. The first-order chi connectivity index (χ1) is 15.0. The molecule has 2 aliphatic heterocycles. The highest BCUT2D eigenvalue weighted by Crippen LogP contribution is 2.42. The number of nitrogens with zero attached hydrogens (tertiary/aromatic N) is 2. The van der Waals surface area contributed by atoms with Crippen LogP contribution in [0.2, 0.25) is 5.02 Å². The SMILES string of the molecule is Cc1ccc(C2=C(N3CCc4ccccc43)C(=O)N(c3ccccc3Cl)C2=O)c(C)c1. The first kappa shape index (κ1) is 19.6. The highest BCUT2D eigenvalue weighted by molar-refractivity contribution is 6.48. The van der Waals surface area contributed by atoms with E-state index in [0.717, 1.165) is 28.8 Å². The summed E-state index contributed by atoms with van der Waals surface area (Å²) in [5.41, 5.74) is 6.24. The van der Waals surface area contributed by atoms with Crippen molar-refractivity contribution in [3.63, 3.8) is 0 Å². The molecule has 0 unspecified atom stereocenters. The summed E-state index contributed by atoms with van der Waals surface area (Å²) in [5.74, 6) is -0.686. The molecule has 0 aromatic heterocycles. The van der Waals surface area contributed by atoms with Crippen molar-refractivity contribution in [2.75, 3.05) is 16.3 Å². The van der Waals surface area contributed by atoms with E-state index < -0.39 is 0 Å². The van der Waals surface area contributed by atoms with E-state index in [1.807, 2.05) is 55.1 Å². The van der Waals surface area contributed by atoms with Gasteiger partial charge in [0.25, 0.3) is 11.8 Å². The van der Waals surface area contributed by atoms with Gasteiger partial charge in [-0.15, -0.1) is 0 Å². The van der Waals surface area contributed by atoms with Crippen LogP contribution in [0.15, 0.2) is 72.4 Å². The molecule has 3 aromatic rings. The van der Waals surface area contributed by atoms with Crippen molar-refractivity contribution in [3.8, 4) is 0 Å². The predicted molar refractivity (Wildman–Crippen MR) is 124 cm³/mol. The molecule has 31 heavy (non-hydrogen) atoms. The van der Waals surface area contributed by atoms with Crippen LogP contribution in [-0.2, 0) is 16.0 Å². The monoisotopic (exact) mass is 428 g/mol. The van der Waals surface area contributed by atoms with E-state index >= 15 is 0 Å². The topological polar surface area (TPSA) is 40.6 Å². The van der Waals surface area contributed by atoms with Gasteiger partial charge in [0.1, 0.15) is 5.70 Å². The Bertz CT molecular complexity index is 1280. The van der Waals surface area contributed by atoms with Crippen molar-refractivity contribution < 1.29 is 9.59 Å². The van der Waals surface area contributed by atoms with Crippen LogP contribution in [0.3, 0.4) is 0 Å². The average molecular weight is 429 g/mol. The molecule has 0 spiro atoms. The maximum absolute atomic E-state index is 13.8. The van der Waals surface area contributed by atoms with Crippen LogP contribution >= 0.6 is 11.6 Å². The van der Waals surface area contributed by atoms with E-state index in [0.29, 0.717) is 28.5 Å². The zero-order valence-corrected chi connectivity index (χ0v) is 18.1. The largest absolute Gasteiger partial charge is 0.336 e. The molecule has 154 valence electrons. The second-order valence-electron chi connectivity index (χ2n) is 7.97. The molecule has 3 aromatic carbocycles. The zero-order chi connectivity index (χ0) is 21.7. The Labute approximate surface area is 186 Å². The molecule has 0 aliphatic carbocycles. The van der Waals surface area contributed by atoms with Gasteiger partial charge < -0.3 is 4.90 Å². The van der Waals surface area contributed by atoms with Gasteiger partial charge in [-0.2, -0.15) is 0 Å². The summed E-state index contributed by atoms with van der Waals surface area (Å²) in [5, 5.41) is 0.368. The molecule has 0 atom stereocenters. The fraction of sp³-hybridized carbons (Fsp3) is 0.154. The third-order valence-corrected chi connectivity index (χ3v) is 6.28. The molecule has 2 amide bonds. The van der Waals surface area contributed by atoms with Crippen molar-refractivity contribution in [2.24, 2.45) is 0 Å². The Morgan fingerprint density at radius 3 is 2.29 bits per heavy atom. The van der Waals surface area contributed by atoms with Crippen LogP contribution in [0.1, 0.15) is 22.3 Å². The van der Waals surface area contributed by atoms with Crippen molar-refractivity contribution in [1.29, 1.82) is 0 Å². The number of benzene rings is 3. The van der Waals surface area contributed by atoms with Crippen LogP contribution in [0.5, 0.6) is 0 Å². The minimum Gasteiger partial charge on any atom is -0.336 e. The number of hydrogen-bond donors (Lipinski definition) is 0. The Balaban J connectivity index is 1.73. The number of carbonyl (C=O) groups is 2. The minimum absolute atomic E-state index is 0.343. The lowest BCUT2D eigenvalue weighted by molar-refractivity contribution is -0.120. The number of rotatable bonds is 3. The van der Waals surface area contributed by atoms with Gasteiger partial charge in [-0.05, 0) is 55.2 Å². The summed E-state index contributed by atoms with van der Waals surface area (Å²) in [7, 11) is 0. The number of anilines is 2. The molecule has 0 radical (unpaired) electrons. The van der Waals surface area contributed by atoms with Crippen molar-refractivity contribution in [1.82, 2.24) is 0 Å². The van der Waals surface area contributed by atoms with Crippen LogP contribution < -0.4 is 9.80 Å². The van der Waals surface area contributed by atoms with Gasteiger partial charge in [0, 0.05) is 12.2 Å². The Morgan fingerprint density at radius 2 is 1.55 bits per heavy atom. The Kier molecular flexibility index (Phi) is 4.67. The minimum atomic E-state index is -0.343. The smallest absolute Gasteiger partial charge is 0.282 e. The molecular formula is C26H21ClN2O2. The molecule has 0 N–H and O–H groups in total. The van der Waals surface area contributed by atoms with E-state index in [2.05, 4.69) is 6.07 Å². The van der Waals surface area contributed by atoms with E-state index in [-0.39, 0.29) is 11.8 Å². The second-order valence-corrected chi connectivity index (χ2v) is 8.38. The molecular weight excluding hydrogens is 408 g/mol. The quantitative estimate of drug-likeness (QED) is 0.531. The van der Waals surface area contributed by atoms with E-state index in [4.69, 9.17) is 11.6 Å². The van der Waals surface area contributed by atoms with E-state index in [1.54, 1.807) is 24.3 Å². The zero-order valence-electron chi connectivity index (χ0n) is 17.4. The molecule has 2 aliphatic rings. The lowest BCUT2D eigenvalue weighted by atomic mass is 9.97. The number of fused-ring (bicyclic) bond motifs is 1. The summed E-state index contributed by atoms with van der Waals surface area (Å²) < 4.78 is 0. The lowest BCUT2D eigenvalue weighted by Crippen LogP contribution is -2.35. The molecule has 0 saturated heterocycles. The number of aryl methyl sites for hydroxylation is 2. The third-order valence-electron chi connectivity index (χ3n) is 5.96. The summed E-state index contributed by atoms with van der Waals surface area (Å²) in [4.78, 5) is 30.7. The second kappa shape index (κ2) is 7.40. The molecule has 0 saturated carbocycles. The average Bonchev–Trinajstić information content (AvgIpc) is 3.27. The molecule has 0 bridgehead atoms. The van der Waals surface area contributed by atoms with E-state index in [9.17, 15) is 9.59 Å². The summed E-state index contributed by atoms with van der Waals surface area (Å²) >= 11 is 6.39. The van der Waals surface area contributed by atoms with Gasteiger partial charge in [-0.25, -0.2) is 4.90 Å². The van der Waals surface area contributed by atoms with Crippen molar-refractivity contribution in [2.45, 2.75) is 20.3 Å². The van der Waals surface area contributed by atoms with Gasteiger partial charge in [-0.3, -0.25) is 9.59 Å². The summed E-state index contributed by atoms with van der Waals surface area (Å²) in [6.07, 6.45) is 0.827. The van der Waals surface area contributed by atoms with Crippen molar-refractivity contribution >= 4 is 40.4 Å². The summed E-state index contributed by atoms with van der Waals surface area (Å²) in [6, 6.07) is 20.9. The molecule has 4 nitrogen and oxygen atoms in total. The third kappa shape index (κ3) is 3.06. The standard InChI is InChI=1S/C26H21ClN2O2/c1-16-11-12-19(17(2)15-16)23-24(28-14-13-18-7-3-5-9-21(18)28)26(31)29(25(23)30)22-10-6-4-8-20(22)27/h3-12,15H,13-14H2,1-2H3. The lowest BCUT2D eigenvalue weighted by Gasteiger charge is -2.22. The number of hydrogen-bond acceptors (Lipinski definition) is 3. The predicted octanol–water partition coefficient (Wildman–Crippen LogP) is 5.30. The first-order valence-corrected chi connectivity index (χ1v) is 10.7. The normalized spacial score (nSPS) is 15.8. The molecule has 5 heteroatoms. The van der Waals surface area contributed by atoms with Gasteiger partial charge >= 0.3 is 0 Å². The number of halogens is 1. The highest BCUT2D eigenvalue weighted by Gasteiger charge is 2.44. The molecule has 2 heterocycles. The summed E-state index contributed by atoms with van der Waals surface area (Å²) in [6.45, 7) is 4.64. The van der Waals surface area contributed by atoms with Crippen LogP contribution in [0, 0.1) is 13.8 Å². The maximum atomic E-state index is 13.8. The number of amides is 2. The Morgan fingerprint density at radius 1 is 0.839 bits per heavy atom. The van der Waals surface area contributed by atoms with Crippen LogP contribution in [-0.4, -0.2) is 18.4 Å². The Hall–Kier alpha value is -3.37. The van der Waals surface area contributed by atoms with Gasteiger partial charge in [0.05, 0.1) is 16.3 Å². The molecule has 5 rings (SSSR count). The van der Waals surface area contributed by atoms with Crippen LogP contribution in [0.4, 0.5) is 11.4 Å². The number of carbonyl (C=O) groups excluding carboxylic acids is 2. The van der Waals surface area contributed by atoms with Crippen LogP contribution in [0.25, 0.3) is 5.57 Å². The van der Waals surface area contributed by atoms with Crippen molar-refractivity contribution in [3.05, 3.63) is 99.7 Å². The fourth-order valence-electron chi connectivity index (χ4n) is 4.53.